The number of nitrogens with zero attached hydrogens (tertiary/aromatic N) is 1. The van der Waals surface area contributed by atoms with Crippen LogP contribution in [0.5, 0.6) is 11.8 Å². The predicted octanol–water partition coefficient (Wildman–Crippen LogP) is 2.29. The van der Waals surface area contributed by atoms with Crippen molar-refractivity contribution < 1.29 is 19.8 Å². The smallest absolute Gasteiger partial charge is 0.363 e. The highest BCUT2D eigenvalue weighted by molar-refractivity contribution is 5.89. The number of rotatable bonds is 3. The zero-order valence-corrected chi connectivity index (χ0v) is 10.7. The van der Waals surface area contributed by atoms with Gasteiger partial charge in [0, 0.05) is 12.1 Å². The molecule has 0 bridgehead atoms. The Labute approximate surface area is 110 Å². The highest BCUT2D eigenvalue weighted by Gasteiger charge is 2.14. The normalized spacial score (nSPS) is 10.7. The zero-order valence-electron chi connectivity index (χ0n) is 10.7. The second-order valence-corrected chi connectivity index (χ2v) is 4.50. The lowest BCUT2D eigenvalue weighted by Crippen LogP contribution is -2.19. The molecule has 0 spiro atoms. The first-order valence-electron chi connectivity index (χ1n) is 5.91. The molecule has 0 aliphatic heterocycles. The Hall–Kier alpha value is -2.43. The zero-order chi connectivity index (χ0) is 14.0. The van der Waals surface area contributed by atoms with E-state index in [2.05, 4.69) is 13.8 Å². The Morgan fingerprint density at radius 2 is 1.58 bits per heavy atom. The van der Waals surface area contributed by atoms with E-state index in [4.69, 9.17) is 4.84 Å². The number of aromatic nitrogens is 1. The number of hydrogen-bond acceptors (Lipinski definition) is 4. The predicted molar refractivity (Wildman–Crippen MR) is 69.2 cm³/mol. The molecule has 19 heavy (non-hydrogen) atoms. The van der Waals surface area contributed by atoms with E-state index in [-0.39, 0.29) is 11.8 Å². The molecule has 5 heteroatoms. The van der Waals surface area contributed by atoms with Crippen LogP contribution in [0.25, 0.3) is 0 Å². The lowest BCUT2D eigenvalue weighted by atomic mass is 10.0. The summed E-state index contributed by atoms with van der Waals surface area (Å²) in [6.45, 7) is 4.12. The average molecular weight is 261 g/mol. The molecule has 0 aliphatic rings. The fourth-order valence-electron chi connectivity index (χ4n) is 1.64. The Balaban J connectivity index is 2.16. The molecule has 2 rings (SSSR count). The van der Waals surface area contributed by atoms with Crippen LogP contribution in [0.3, 0.4) is 0 Å². The quantitative estimate of drug-likeness (QED) is 0.889. The van der Waals surface area contributed by atoms with Crippen molar-refractivity contribution in [2.45, 2.75) is 19.8 Å². The van der Waals surface area contributed by atoms with Crippen molar-refractivity contribution in [1.29, 1.82) is 0 Å². The summed E-state index contributed by atoms with van der Waals surface area (Å²) in [6, 6.07) is 9.44. The second-order valence-electron chi connectivity index (χ2n) is 4.50. The van der Waals surface area contributed by atoms with Gasteiger partial charge in [0.1, 0.15) is 0 Å². The van der Waals surface area contributed by atoms with Gasteiger partial charge in [-0.05, 0) is 23.6 Å². The number of carbonyl (C=O) groups is 1. The highest BCUT2D eigenvalue weighted by Crippen LogP contribution is 2.20. The molecule has 0 atom stereocenters. The number of carbonyl (C=O) groups excluding carboxylic acids is 1. The molecule has 0 saturated carbocycles. The van der Waals surface area contributed by atoms with Crippen molar-refractivity contribution in [2.75, 3.05) is 0 Å². The van der Waals surface area contributed by atoms with Gasteiger partial charge in [-0.3, -0.25) is 0 Å². The molecule has 0 unspecified atom stereocenters. The molecular formula is C14H15NO4. The van der Waals surface area contributed by atoms with Gasteiger partial charge < -0.3 is 15.1 Å². The summed E-state index contributed by atoms with van der Waals surface area (Å²) in [5.74, 6) is -0.964. The minimum atomic E-state index is -0.655. The van der Waals surface area contributed by atoms with Crippen LogP contribution in [0.15, 0.2) is 36.4 Å². The molecule has 0 amide bonds. The third kappa shape index (κ3) is 2.70. The van der Waals surface area contributed by atoms with Gasteiger partial charge in [-0.25, -0.2) is 4.79 Å². The SMILES string of the molecule is CC(C)c1ccc(C(=O)On2c(O)ccc2O)cc1. The van der Waals surface area contributed by atoms with E-state index in [9.17, 15) is 15.0 Å². The molecule has 0 fully saturated rings. The summed E-state index contributed by atoms with van der Waals surface area (Å²) < 4.78 is 0.665. The van der Waals surface area contributed by atoms with Crippen LogP contribution in [0.4, 0.5) is 0 Å². The number of aromatic hydroxyl groups is 2. The lowest BCUT2D eigenvalue weighted by molar-refractivity contribution is 0.0381. The average Bonchev–Trinajstić information content (AvgIpc) is 2.70. The van der Waals surface area contributed by atoms with Gasteiger partial charge >= 0.3 is 5.97 Å². The summed E-state index contributed by atoms with van der Waals surface area (Å²) in [4.78, 5) is 16.7. The second kappa shape index (κ2) is 5.06. The third-order valence-corrected chi connectivity index (χ3v) is 2.78. The van der Waals surface area contributed by atoms with Crippen molar-refractivity contribution in [3.63, 3.8) is 0 Å². The van der Waals surface area contributed by atoms with Crippen LogP contribution in [-0.2, 0) is 0 Å². The summed E-state index contributed by atoms with van der Waals surface area (Å²) >= 11 is 0. The molecule has 1 aromatic heterocycles. The van der Waals surface area contributed by atoms with Gasteiger partial charge in [0.05, 0.1) is 5.56 Å². The minimum Gasteiger partial charge on any atom is -0.492 e. The van der Waals surface area contributed by atoms with Crippen LogP contribution < -0.4 is 4.84 Å². The molecule has 0 radical (unpaired) electrons. The molecule has 1 heterocycles. The van der Waals surface area contributed by atoms with E-state index >= 15 is 0 Å². The van der Waals surface area contributed by atoms with E-state index in [0.29, 0.717) is 16.2 Å². The standard InChI is InChI=1S/C14H15NO4/c1-9(2)10-3-5-11(6-4-10)14(18)19-15-12(16)7-8-13(15)17/h3-9,16-17H,1-2H3. The lowest BCUT2D eigenvalue weighted by Gasteiger charge is -2.08. The van der Waals surface area contributed by atoms with Gasteiger partial charge in [-0.15, -0.1) is 4.73 Å². The van der Waals surface area contributed by atoms with Crippen molar-refractivity contribution in [3.05, 3.63) is 47.5 Å². The molecule has 100 valence electrons. The largest absolute Gasteiger partial charge is 0.492 e. The van der Waals surface area contributed by atoms with E-state index in [1.165, 1.54) is 12.1 Å². The van der Waals surface area contributed by atoms with Crippen LogP contribution in [-0.4, -0.2) is 20.9 Å². The third-order valence-electron chi connectivity index (χ3n) is 2.78. The first-order valence-corrected chi connectivity index (χ1v) is 5.91. The maximum atomic E-state index is 11.8. The van der Waals surface area contributed by atoms with Crippen LogP contribution in [0.1, 0.15) is 35.7 Å². The summed E-state index contributed by atoms with van der Waals surface area (Å²) in [5.41, 5.74) is 1.46. The monoisotopic (exact) mass is 261 g/mol. The van der Waals surface area contributed by atoms with Gasteiger partial charge in [0.25, 0.3) is 0 Å². The van der Waals surface area contributed by atoms with Gasteiger partial charge in [-0.2, -0.15) is 0 Å². The van der Waals surface area contributed by atoms with E-state index in [1.807, 2.05) is 12.1 Å². The molecule has 0 saturated heterocycles. The molecule has 1 aromatic carbocycles. The topological polar surface area (TPSA) is 71.7 Å². The first-order chi connectivity index (χ1) is 8.99. The molecule has 2 aromatic rings. The summed E-state index contributed by atoms with van der Waals surface area (Å²) in [5, 5.41) is 18.7. The van der Waals surface area contributed by atoms with E-state index < -0.39 is 5.97 Å². The molecular weight excluding hydrogens is 246 g/mol. The fourth-order valence-corrected chi connectivity index (χ4v) is 1.64. The van der Waals surface area contributed by atoms with Crippen LogP contribution >= 0.6 is 0 Å². The molecule has 5 nitrogen and oxygen atoms in total. The number of benzene rings is 1. The Morgan fingerprint density at radius 1 is 1.05 bits per heavy atom. The van der Waals surface area contributed by atoms with E-state index in [0.717, 1.165) is 5.56 Å². The van der Waals surface area contributed by atoms with Gasteiger partial charge in [0.2, 0.25) is 11.8 Å². The number of hydrogen-bond donors (Lipinski definition) is 2. The summed E-state index contributed by atoms with van der Waals surface area (Å²) in [7, 11) is 0. The first kappa shape index (κ1) is 13.0. The minimum absolute atomic E-state index is 0.343. The van der Waals surface area contributed by atoms with E-state index in [1.54, 1.807) is 12.1 Å². The van der Waals surface area contributed by atoms with Crippen LogP contribution in [0.2, 0.25) is 0 Å². The van der Waals surface area contributed by atoms with Crippen molar-refractivity contribution in [2.24, 2.45) is 0 Å². The Bertz CT molecular complexity index is 564. The maximum Gasteiger partial charge on any atom is 0.363 e. The Morgan fingerprint density at radius 3 is 2.05 bits per heavy atom. The highest BCUT2D eigenvalue weighted by atomic mass is 16.7. The summed E-state index contributed by atoms with van der Waals surface area (Å²) in [6.07, 6.45) is 0. The molecule has 2 N–H and O–H groups in total. The Kier molecular flexibility index (Phi) is 3.46. The molecule has 0 aliphatic carbocycles. The van der Waals surface area contributed by atoms with Crippen molar-refractivity contribution in [3.8, 4) is 11.8 Å². The van der Waals surface area contributed by atoms with Gasteiger partial charge in [0.15, 0.2) is 0 Å². The maximum absolute atomic E-state index is 11.8. The van der Waals surface area contributed by atoms with Crippen LogP contribution in [0, 0.1) is 0 Å². The fraction of sp³-hybridized carbons (Fsp3) is 0.214. The van der Waals surface area contributed by atoms with Gasteiger partial charge in [-0.1, -0.05) is 26.0 Å². The van der Waals surface area contributed by atoms with Crippen molar-refractivity contribution >= 4 is 5.97 Å². The van der Waals surface area contributed by atoms with Crippen molar-refractivity contribution in [1.82, 2.24) is 4.73 Å².